The van der Waals surface area contributed by atoms with Gasteiger partial charge in [-0.25, -0.2) is 22.3 Å². The number of ether oxygens (including phenoxy) is 2. The first-order valence-corrected chi connectivity index (χ1v) is 11.3. The molecule has 2 aromatic carbocycles. The fourth-order valence-corrected chi connectivity index (χ4v) is 4.05. The van der Waals surface area contributed by atoms with E-state index >= 15 is 0 Å². The number of thiol groups is 1. The topological polar surface area (TPSA) is 96.6 Å². The SMILES string of the molecule is O=c1c(Cc2ccccc2)c(OC2CCCO2)n(-c2ccccc2)c(=O)n1C[SH](=O)=O. The molecular formula is C22H22N2O6S. The molecule has 0 bridgehead atoms. The van der Waals surface area contributed by atoms with Crippen molar-refractivity contribution in [1.29, 1.82) is 0 Å². The van der Waals surface area contributed by atoms with Gasteiger partial charge in [-0.2, -0.15) is 0 Å². The van der Waals surface area contributed by atoms with Crippen LogP contribution in [0.2, 0.25) is 0 Å². The molecule has 0 amide bonds. The number of rotatable bonds is 7. The molecule has 1 saturated heterocycles. The van der Waals surface area contributed by atoms with Gasteiger partial charge in [0.1, 0.15) is 5.88 Å². The van der Waals surface area contributed by atoms with Crippen molar-refractivity contribution < 1.29 is 17.9 Å². The summed E-state index contributed by atoms with van der Waals surface area (Å²) < 4.78 is 36.5. The molecule has 0 saturated carbocycles. The fraction of sp³-hybridized carbons (Fsp3) is 0.273. The molecule has 2 heterocycles. The largest absolute Gasteiger partial charge is 0.449 e. The number of para-hydroxylation sites is 1. The molecule has 4 rings (SSSR count). The first kappa shape index (κ1) is 21.1. The third-order valence-electron chi connectivity index (χ3n) is 5.01. The third kappa shape index (κ3) is 4.62. The van der Waals surface area contributed by atoms with Crippen LogP contribution in [0.25, 0.3) is 5.69 Å². The molecule has 8 nitrogen and oxygen atoms in total. The van der Waals surface area contributed by atoms with Gasteiger partial charge in [-0.15, -0.1) is 0 Å². The Bertz CT molecular complexity index is 1230. The summed E-state index contributed by atoms with van der Waals surface area (Å²) in [6.45, 7) is 0.530. The molecule has 0 radical (unpaired) electrons. The Morgan fingerprint density at radius 1 is 1.00 bits per heavy atom. The molecule has 1 aliphatic heterocycles. The summed E-state index contributed by atoms with van der Waals surface area (Å²) in [7, 11) is -3.00. The van der Waals surface area contributed by atoms with Gasteiger partial charge in [0.05, 0.1) is 17.9 Å². The van der Waals surface area contributed by atoms with Gasteiger partial charge in [-0.05, 0) is 24.1 Å². The van der Waals surface area contributed by atoms with E-state index in [0.29, 0.717) is 18.7 Å². The van der Waals surface area contributed by atoms with E-state index in [2.05, 4.69) is 0 Å². The second kappa shape index (κ2) is 9.32. The van der Waals surface area contributed by atoms with Crippen molar-refractivity contribution in [3.8, 4) is 11.6 Å². The van der Waals surface area contributed by atoms with E-state index in [4.69, 9.17) is 9.47 Å². The molecule has 31 heavy (non-hydrogen) atoms. The van der Waals surface area contributed by atoms with Gasteiger partial charge in [0.2, 0.25) is 12.2 Å². The van der Waals surface area contributed by atoms with E-state index in [1.54, 1.807) is 30.3 Å². The number of nitrogens with zero attached hydrogens (tertiary/aromatic N) is 2. The second-order valence-corrected chi connectivity index (χ2v) is 8.12. The van der Waals surface area contributed by atoms with Crippen LogP contribution in [0.1, 0.15) is 24.0 Å². The van der Waals surface area contributed by atoms with Crippen molar-refractivity contribution in [3.63, 3.8) is 0 Å². The number of hydrogen-bond acceptors (Lipinski definition) is 6. The molecule has 1 aliphatic rings. The molecule has 0 spiro atoms. The highest BCUT2D eigenvalue weighted by Crippen LogP contribution is 2.25. The Labute approximate surface area is 180 Å². The van der Waals surface area contributed by atoms with Crippen molar-refractivity contribution in [3.05, 3.63) is 92.6 Å². The fourth-order valence-electron chi connectivity index (χ4n) is 3.57. The van der Waals surface area contributed by atoms with Crippen LogP contribution in [0.3, 0.4) is 0 Å². The molecule has 1 atom stereocenters. The van der Waals surface area contributed by atoms with Gasteiger partial charge >= 0.3 is 5.69 Å². The van der Waals surface area contributed by atoms with Gasteiger partial charge in [0.15, 0.2) is 10.7 Å². The molecular weight excluding hydrogens is 420 g/mol. The lowest BCUT2D eigenvalue weighted by molar-refractivity contribution is -0.0440. The molecule has 162 valence electrons. The summed E-state index contributed by atoms with van der Waals surface area (Å²) in [6.07, 6.45) is 1.02. The predicted octanol–water partition coefficient (Wildman–Crippen LogP) is 1.67. The zero-order valence-electron chi connectivity index (χ0n) is 16.7. The van der Waals surface area contributed by atoms with Crippen molar-refractivity contribution in [2.24, 2.45) is 0 Å². The molecule has 0 aliphatic carbocycles. The van der Waals surface area contributed by atoms with Crippen molar-refractivity contribution >= 4 is 10.7 Å². The van der Waals surface area contributed by atoms with Crippen molar-refractivity contribution in [1.82, 2.24) is 9.13 Å². The zero-order valence-corrected chi connectivity index (χ0v) is 17.6. The van der Waals surface area contributed by atoms with Crippen LogP contribution < -0.4 is 16.0 Å². The van der Waals surface area contributed by atoms with Crippen LogP contribution in [0.4, 0.5) is 0 Å². The Balaban J connectivity index is 1.99. The van der Waals surface area contributed by atoms with Gasteiger partial charge < -0.3 is 9.47 Å². The summed E-state index contributed by atoms with van der Waals surface area (Å²) in [5, 5.41) is 0. The summed E-state index contributed by atoms with van der Waals surface area (Å²) >= 11 is 0. The van der Waals surface area contributed by atoms with Gasteiger partial charge in [-0.1, -0.05) is 48.5 Å². The zero-order chi connectivity index (χ0) is 21.8. The lowest BCUT2D eigenvalue weighted by atomic mass is 10.1. The lowest BCUT2D eigenvalue weighted by Gasteiger charge is -2.21. The highest BCUT2D eigenvalue weighted by atomic mass is 32.2. The molecule has 1 aromatic heterocycles. The van der Waals surface area contributed by atoms with E-state index in [0.717, 1.165) is 16.6 Å². The normalized spacial score (nSPS) is 16.0. The highest BCUT2D eigenvalue weighted by molar-refractivity contribution is 7.71. The molecule has 1 unspecified atom stereocenters. The van der Waals surface area contributed by atoms with Gasteiger partial charge in [0, 0.05) is 12.8 Å². The molecule has 3 aromatic rings. The van der Waals surface area contributed by atoms with Crippen LogP contribution in [-0.4, -0.2) is 30.4 Å². The molecule has 9 heteroatoms. The second-order valence-electron chi connectivity index (χ2n) is 7.17. The van der Waals surface area contributed by atoms with Crippen LogP contribution in [-0.2, 0) is 27.7 Å². The van der Waals surface area contributed by atoms with Gasteiger partial charge in [0.25, 0.3) is 5.56 Å². The Kier molecular flexibility index (Phi) is 6.34. The first-order chi connectivity index (χ1) is 15.0. The quantitative estimate of drug-likeness (QED) is 0.559. The van der Waals surface area contributed by atoms with Crippen LogP contribution in [0.15, 0.2) is 70.3 Å². The average molecular weight is 442 g/mol. The third-order valence-corrected chi connectivity index (χ3v) is 5.53. The minimum absolute atomic E-state index is 0.0781. The predicted molar refractivity (Wildman–Crippen MR) is 115 cm³/mol. The van der Waals surface area contributed by atoms with Crippen LogP contribution >= 0.6 is 0 Å². The minimum atomic E-state index is -3.00. The maximum absolute atomic E-state index is 13.3. The van der Waals surface area contributed by atoms with E-state index in [1.807, 2.05) is 30.3 Å². The Hall–Kier alpha value is -3.17. The lowest BCUT2D eigenvalue weighted by Crippen LogP contribution is -2.43. The monoisotopic (exact) mass is 442 g/mol. The minimum Gasteiger partial charge on any atom is -0.449 e. The molecule has 1 fully saturated rings. The van der Waals surface area contributed by atoms with Crippen molar-refractivity contribution in [2.75, 3.05) is 6.61 Å². The maximum Gasteiger partial charge on any atom is 0.339 e. The Morgan fingerprint density at radius 3 is 2.29 bits per heavy atom. The average Bonchev–Trinajstić information content (AvgIpc) is 3.28. The molecule has 0 N–H and O–H groups in total. The number of benzene rings is 2. The van der Waals surface area contributed by atoms with Crippen molar-refractivity contribution in [2.45, 2.75) is 31.4 Å². The highest BCUT2D eigenvalue weighted by Gasteiger charge is 2.26. The Morgan fingerprint density at radius 2 is 1.68 bits per heavy atom. The standard InChI is InChI=1S/C22H22N2O6S/c25-20-18(14-16-8-3-1-4-9-16)21(30-19-12-7-13-29-19)24(17-10-5-2-6-11-17)22(26)23(20)15-31(27)28/h1-6,8-11,19,31H,7,12-15H2. The first-order valence-electron chi connectivity index (χ1n) is 9.92. The van der Waals surface area contributed by atoms with E-state index < -0.39 is 34.1 Å². The van der Waals surface area contributed by atoms with Crippen LogP contribution in [0.5, 0.6) is 5.88 Å². The maximum atomic E-state index is 13.3. The smallest absolute Gasteiger partial charge is 0.339 e. The van der Waals surface area contributed by atoms with E-state index in [9.17, 15) is 18.0 Å². The van der Waals surface area contributed by atoms with Crippen LogP contribution in [0, 0.1) is 0 Å². The number of hydrogen-bond donors (Lipinski definition) is 1. The van der Waals surface area contributed by atoms with Gasteiger partial charge in [-0.3, -0.25) is 4.79 Å². The summed E-state index contributed by atoms with van der Waals surface area (Å²) in [5.41, 5.74) is 0.0215. The number of aromatic nitrogens is 2. The van der Waals surface area contributed by atoms with E-state index in [1.165, 1.54) is 4.57 Å². The summed E-state index contributed by atoms with van der Waals surface area (Å²) in [4.78, 5) is 26.5. The summed E-state index contributed by atoms with van der Waals surface area (Å²) in [5.74, 6) is -0.628. The van der Waals surface area contributed by atoms with E-state index in [-0.39, 0.29) is 17.9 Å². The summed E-state index contributed by atoms with van der Waals surface area (Å²) in [6, 6.07) is 17.9.